The summed E-state index contributed by atoms with van der Waals surface area (Å²) in [6, 6.07) is 11.8. The van der Waals surface area contributed by atoms with Crippen LogP contribution in [-0.2, 0) is 0 Å². The van der Waals surface area contributed by atoms with Crippen LogP contribution in [0.2, 0.25) is 5.02 Å². The summed E-state index contributed by atoms with van der Waals surface area (Å²) in [5, 5.41) is 3.10. The fraction of sp³-hybridized carbons (Fsp3) is 0.350. The highest BCUT2D eigenvalue weighted by molar-refractivity contribution is 6.30. The first-order chi connectivity index (χ1) is 12.5. The van der Waals surface area contributed by atoms with Crippen molar-refractivity contribution >= 4 is 17.5 Å². The summed E-state index contributed by atoms with van der Waals surface area (Å²) in [6.45, 7) is 6.14. The van der Waals surface area contributed by atoms with E-state index in [1.54, 1.807) is 7.11 Å². The van der Waals surface area contributed by atoms with Gasteiger partial charge in [0, 0.05) is 11.6 Å². The van der Waals surface area contributed by atoms with Gasteiger partial charge in [0.25, 0.3) is 5.91 Å². The van der Waals surface area contributed by atoms with Crippen LogP contribution in [0.4, 0.5) is 4.39 Å². The molecule has 0 spiro atoms. The Morgan fingerprint density at radius 1 is 1.23 bits per heavy atom. The predicted octanol–water partition coefficient (Wildman–Crippen LogP) is 4.30. The highest BCUT2D eigenvalue weighted by atomic mass is 35.5. The lowest BCUT2D eigenvalue weighted by molar-refractivity contribution is 0.0931. The van der Waals surface area contributed by atoms with Crippen LogP contribution in [0, 0.1) is 5.82 Å². The average Bonchev–Trinajstić information content (AvgIpc) is 2.65. The van der Waals surface area contributed by atoms with Gasteiger partial charge in [0.2, 0.25) is 0 Å². The van der Waals surface area contributed by atoms with E-state index in [1.165, 1.54) is 12.1 Å². The maximum atomic E-state index is 14.0. The zero-order chi connectivity index (χ0) is 19.1. The van der Waals surface area contributed by atoms with Gasteiger partial charge in [0.05, 0.1) is 18.7 Å². The molecule has 140 valence electrons. The largest absolute Gasteiger partial charge is 0.497 e. The van der Waals surface area contributed by atoms with Crippen molar-refractivity contribution in [1.82, 2.24) is 10.2 Å². The number of nitrogens with zero attached hydrogens (tertiary/aromatic N) is 1. The number of nitrogens with one attached hydrogen (secondary N) is 1. The van der Waals surface area contributed by atoms with Crippen molar-refractivity contribution in [2.45, 2.75) is 19.9 Å². The molecular formula is C20H24ClFN2O2. The summed E-state index contributed by atoms with van der Waals surface area (Å²) < 4.78 is 19.3. The van der Waals surface area contributed by atoms with Gasteiger partial charge in [-0.15, -0.1) is 0 Å². The van der Waals surface area contributed by atoms with Crippen LogP contribution < -0.4 is 10.1 Å². The fourth-order valence-corrected chi connectivity index (χ4v) is 3.09. The Hall–Kier alpha value is -2.11. The van der Waals surface area contributed by atoms with Gasteiger partial charge < -0.3 is 10.1 Å². The molecule has 0 aliphatic carbocycles. The summed E-state index contributed by atoms with van der Waals surface area (Å²) in [7, 11) is 1.62. The zero-order valence-electron chi connectivity index (χ0n) is 15.3. The molecule has 0 aliphatic heterocycles. The summed E-state index contributed by atoms with van der Waals surface area (Å²) in [5.41, 5.74) is 1.02. The lowest BCUT2D eigenvalue weighted by atomic mass is 10.0. The minimum atomic E-state index is -0.629. The van der Waals surface area contributed by atoms with E-state index in [-0.39, 0.29) is 16.6 Å². The number of carbonyl (C=O) groups is 1. The van der Waals surface area contributed by atoms with Crippen LogP contribution >= 0.6 is 11.6 Å². The molecule has 1 amide bonds. The summed E-state index contributed by atoms with van der Waals surface area (Å²) in [5.74, 6) is -0.329. The van der Waals surface area contributed by atoms with Gasteiger partial charge in [-0.05, 0) is 49.0 Å². The first-order valence-electron chi connectivity index (χ1n) is 8.61. The lowest BCUT2D eigenvalue weighted by Crippen LogP contribution is -2.38. The van der Waals surface area contributed by atoms with E-state index in [1.807, 2.05) is 24.3 Å². The second-order valence-electron chi connectivity index (χ2n) is 5.85. The van der Waals surface area contributed by atoms with Crippen molar-refractivity contribution in [1.29, 1.82) is 0 Å². The molecule has 1 atom stereocenters. The third-order valence-electron chi connectivity index (χ3n) is 4.36. The number of hydrogen-bond donors (Lipinski definition) is 1. The third-order valence-corrected chi connectivity index (χ3v) is 4.60. The number of carbonyl (C=O) groups excluding carboxylic acids is 1. The fourth-order valence-electron chi connectivity index (χ4n) is 2.93. The number of amides is 1. The van der Waals surface area contributed by atoms with Crippen molar-refractivity contribution in [3.05, 3.63) is 64.4 Å². The Bertz CT molecular complexity index is 750. The molecule has 1 N–H and O–H groups in total. The van der Waals surface area contributed by atoms with E-state index >= 15 is 0 Å². The van der Waals surface area contributed by atoms with Gasteiger partial charge in [-0.2, -0.15) is 0 Å². The molecule has 6 heteroatoms. The van der Waals surface area contributed by atoms with Gasteiger partial charge in [-0.3, -0.25) is 9.69 Å². The average molecular weight is 379 g/mol. The molecule has 26 heavy (non-hydrogen) atoms. The Labute approximate surface area is 158 Å². The van der Waals surface area contributed by atoms with Crippen LogP contribution in [0.1, 0.15) is 35.8 Å². The van der Waals surface area contributed by atoms with Crippen molar-refractivity contribution in [2.24, 2.45) is 0 Å². The normalized spacial score (nSPS) is 12.1. The zero-order valence-corrected chi connectivity index (χ0v) is 16.0. The quantitative estimate of drug-likeness (QED) is 0.744. The smallest absolute Gasteiger partial charge is 0.254 e. The van der Waals surface area contributed by atoms with E-state index in [0.29, 0.717) is 6.54 Å². The molecule has 2 aromatic rings. The first kappa shape index (κ1) is 20.2. The second kappa shape index (κ2) is 9.55. The number of halogens is 2. The Morgan fingerprint density at radius 2 is 1.96 bits per heavy atom. The molecule has 4 nitrogen and oxygen atoms in total. The number of methoxy groups -OCH3 is 1. The molecule has 0 radical (unpaired) electrons. The van der Waals surface area contributed by atoms with E-state index in [9.17, 15) is 9.18 Å². The molecule has 2 rings (SSSR count). The Kier molecular flexibility index (Phi) is 7.42. The SMILES string of the molecule is CCN(CC)C(CNC(=O)c1ccc(Cl)cc1F)c1cccc(OC)c1. The van der Waals surface area contributed by atoms with E-state index in [2.05, 4.69) is 24.1 Å². The molecular weight excluding hydrogens is 355 g/mol. The van der Waals surface area contributed by atoms with Crippen LogP contribution in [0.3, 0.4) is 0 Å². The highest BCUT2D eigenvalue weighted by Crippen LogP contribution is 2.24. The number of hydrogen-bond acceptors (Lipinski definition) is 3. The Balaban J connectivity index is 2.19. The second-order valence-corrected chi connectivity index (χ2v) is 6.28. The van der Waals surface area contributed by atoms with Gasteiger partial charge in [-0.1, -0.05) is 37.6 Å². The molecule has 2 aromatic carbocycles. The molecule has 0 saturated heterocycles. The van der Waals surface area contributed by atoms with Crippen LogP contribution in [0.5, 0.6) is 5.75 Å². The maximum absolute atomic E-state index is 14.0. The lowest BCUT2D eigenvalue weighted by Gasteiger charge is -2.30. The molecule has 0 fully saturated rings. The Morgan fingerprint density at radius 3 is 2.58 bits per heavy atom. The third kappa shape index (κ3) is 4.96. The van der Waals surface area contributed by atoms with Gasteiger partial charge in [0.15, 0.2) is 0 Å². The molecule has 0 aromatic heterocycles. The number of benzene rings is 2. The highest BCUT2D eigenvalue weighted by Gasteiger charge is 2.20. The summed E-state index contributed by atoms with van der Waals surface area (Å²) in [4.78, 5) is 14.6. The summed E-state index contributed by atoms with van der Waals surface area (Å²) in [6.07, 6.45) is 0. The standard InChI is InChI=1S/C20H24ClFN2O2/c1-4-24(5-2)19(14-7-6-8-16(11-14)26-3)13-23-20(25)17-10-9-15(21)12-18(17)22/h6-12,19H,4-5,13H2,1-3H3,(H,23,25). The van der Waals surface area contributed by atoms with Crippen molar-refractivity contribution in [3.63, 3.8) is 0 Å². The molecule has 0 bridgehead atoms. The monoisotopic (exact) mass is 378 g/mol. The van der Waals surface area contributed by atoms with Gasteiger partial charge >= 0.3 is 0 Å². The van der Waals surface area contributed by atoms with Crippen molar-refractivity contribution < 1.29 is 13.9 Å². The van der Waals surface area contributed by atoms with Crippen LogP contribution in [0.15, 0.2) is 42.5 Å². The maximum Gasteiger partial charge on any atom is 0.254 e. The number of likely N-dealkylation sites (N-methyl/N-ethyl adjacent to an activating group) is 1. The van der Waals surface area contributed by atoms with Crippen LogP contribution in [0.25, 0.3) is 0 Å². The van der Waals surface area contributed by atoms with Crippen molar-refractivity contribution in [2.75, 3.05) is 26.7 Å². The van der Waals surface area contributed by atoms with E-state index < -0.39 is 11.7 Å². The van der Waals surface area contributed by atoms with E-state index in [0.717, 1.165) is 30.5 Å². The molecule has 0 saturated carbocycles. The number of ether oxygens (including phenoxy) is 1. The minimum Gasteiger partial charge on any atom is -0.497 e. The number of rotatable bonds is 8. The minimum absolute atomic E-state index is 0.0154. The van der Waals surface area contributed by atoms with E-state index in [4.69, 9.17) is 16.3 Å². The summed E-state index contributed by atoms with van der Waals surface area (Å²) >= 11 is 5.75. The predicted molar refractivity (Wildman–Crippen MR) is 102 cm³/mol. The molecule has 0 aliphatic rings. The van der Waals surface area contributed by atoms with Crippen molar-refractivity contribution in [3.8, 4) is 5.75 Å². The van der Waals surface area contributed by atoms with Gasteiger partial charge in [-0.25, -0.2) is 4.39 Å². The van der Waals surface area contributed by atoms with Crippen LogP contribution in [-0.4, -0.2) is 37.6 Å². The molecule has 0 heterocycles. The topological polar surface area (TPSA) is 41.6 Å². The molecule has 1 unspecified atom stereocenters. The van der Waals surface area contributed by atoms with Gasteiger partial charge in [0.1, 0.15) is 11.6 Å². The first-order valence-corrected chi connectivity index (χ1v) is 8.99.